The van der Waals surface area contributed by atoms with Crippen molar-refractivity contribution in [2.24, 2.45) is 5.92 Å². The van der Waals surface area contributed by atoms with Crippen molar-refractivity contribution in [1.82, 2.24) is 14.9 Å². The number of H-pyrrole nitrogens is 1. The molecule has 1 aromatic heterocycles. The molecule has 1 aliphatic carbocycles. The number of para-hydroxylation sites is 2. The number of allylic oxidation sites excluding steroid dienone is 2. The number of nitrogens with one attached hydrogen (secondary N) is 1. The zero-order valence-corrected chi connectivity index (χ0v) is 12.7. The van der Waals surface area contributed by atoms with E-state index >= 15 is 0 Å². The van der Waals surface area contributed by atoms with E-state index in [0.29, 0.717) is 5.91 Å². The molecule has 4 nitrogen and oxygen atoms in total. The van der Waals surface area contributed by atoms with Gasteiger partial charge in [0.15, 0.2) is 0 Å². The second-order valence-electron chi connectivity index (χ2n) is 6.31. The van der Waals surface area contributed by atoms with Gasteiger partial charge in [-0.3, -0.25) is 4.79 Å². The smallest absolute Gasteiger partial charge is 0.226 e. The molecule has 1 amide bonds. The van der Waals surface area contributed by atoms with Crippen molar-refractivity contribution in [2.45, 2.75) is 38.1 Å². The Morgan fingerprint density at radius 3 is 2.95 bits per heavy atom. The number of carbonyl (C=O) groups excluding carboxylic acids is 1. The van der Waals surface area contributed by atoms with Gasteiger partial charge in [-0.05, 0) is 44.2 Å². The molecule has 114 valence electrons. The predicted molar refractivity (Wildman–Crippen MR) is 86.3 cm³/mol. The summed E-state index contributed by atoms with van der Waals surface area (Å²) in [5, 5.41) is 0. The number of amides is 1. The molecule has 4 heteroatoms. The quantitative estimate of drug-likeness (QED) is 0.861. The molecule has 1 aromatic carbocycles. The van der Waals surface area contributed by atoms with Crippen molar-refractivity contribution < 1.29 is 4.79 Å². The molecule has 0 bridgehead atoms. The average molecular weight is 295 g/mol. The van der Waals surface area contributed by atoms with Crippen molar-refractivity contribution in [2.75, 3.05) is 6.54 Å². The first-order chi connectivity index (χ1) is 10.8. The summed E-state index contributed by atoms with van der Waals surface area (Å²) in [4.78, 5) is 23.0. The number of carbonyl (C=O) groups is 1. The van der Waals surface area contributed by atoms with Crippen LogP contribution >= 0.6 is 0 Å². The second-order valence-corrected chi connectivity index (χ2v) is 6.31. The van der Waals surface area contributed by atoms with Gasteiger partial charge in [-0.2, -0.15) is 0 Å². The summed E-state index contributed by atoms with van der Waals surface area (Å²) in [5.74, 6) is 1.42. The first kappa shape index (κ1) is 13.6. The highest BCUT2D eigenvalue weighted by molar-refractivity contribution is 5.80. The largest absolute Gasteiger partial charge is 0.340 e. The van der Waals surface area contributed by atoms with Gasteiger partial charge in [0.1, 0.15) is 5.82 Å². The zero-order chi connectivity index (χ0) is 14.9. The van der Waals surface area contributed by atoms with E-state index < -0.39 is 0 Å². The van der Waals surface area contributed by atoms with E-state index in [1.165, 1.54) is 0 Å². The Hall–Kier alpha value is -2.10. The Labute approximate surface area is 130 Å². The Morgan fingerprint density at radius 1 is 1.23 bits per heavy atom. The first-order valence-corrected chi connectivity index (χ1v) is 8.23. The number of nitrogens with zero attached hydrogens (tertiary/aromatic N) is 2. The molecule has 1 saturated heterocycles. The molecule has 0 radical (unpaired) electrons. The third kappa shape index (κ3) is 2.32. The summed E-state index contributed by atoms with van der Waals surface area (Å²) in [6, 6.07) is 8.18. The van der Waals surface area contributed by atoms with Crippen LogP contribution < -0.4 is 0 Å². The second kappa shape index (κ2) is 5.59. The fourth-order valence-electron chi connectivity index (χ4n) is 3.70. The summed E-state index contributed by atoms with van der Waals surface area (Å²) < 4.78 is 0. The molecule has 1 aliphatic heterocycles. The van der Waals surface area contributed by atoms with E-state index in [0.717, 1.165) is 55.5 Å². The lowest BCUT2D eigenvalue weighted by Gasteiger charge is -2.28. The molecule has 2 heterocycles. The maximum atomic E-state index is 12.8. The molecular weight excluding hydrogens is 274 g/mol. The first-order valence-electron chi connectivity index (χ1n) is 8.23. The highest BCUT2D eigenvalue weighted by Gasteiger charge is 2.35. The molecule has 1 N–H and O–H groups in total. The maximum Gasteiger partial charge on any atom is 0.226 e. The van der Waals surface area contributed by atoms with Gasteiger partial charge in [-0.1, -0.05) is 24.3 Å². The van der Waals surface area contributed by atoms with Crippen LogP contribution in [0.4, 0.5) is 0 Å². The number of rotatable bonds is 2. The number of hydrogen-bond acceptors (Lipinski definition) is 2. The van der Waals surface area contributed by atoms with Crippen LogP contribution in [0.3, 0.4) is 0 Å². The summed E-state index contributed by atoms with van der Waals surface area (Å²) in [7, 11) is 0. The zero-order valence-electron chi connectivity index (χ0n) is 12.7. The molecule has 2 atom stereocenters. The minimum atomic E-state index is 0.116. The number of imidazole rings is 1. The normalized spacial score (nSPS) is 25.0. The van der Waals surface area contributed by atoms with Crippen molar-refractivity contribution in [3.05, 3.63) is 42.2 Å². The Balaban J connectivity index is 1.60. The summed E-state index contributed by atoms with van der Waals surface area (Å²) in [6.07, 6.45) is 9.31. The van der Waals surface area contributed by atoms with Gasteiger partial charge in [0.25, 0.3) is 0 Å². The van der Waals surface area contributed by atoms with Crippen LogP contribution in [-0.2, 0) is 4.79 Å². The lowest BCUT2D eigenvalue weighted by molar-refractivity contribution is -0.136. The molecule has 0 spiro atoms. The number of benzene rings is 1. The standard InChI is InChI=1S/C18H21N3O/c22-18(13-7-2-1-3-8-13)21-12-6-11-16(21)17-19-14-9-4-5-10-15(14)20-17/h1-2,4-5,9-10,13,16H,3,6-8,11-12H2,(H,19,20)/t13-,16+/m1/s1. The average Bonchev–Trinajstić information content (AvgIpc) is 3.21. The monoisotopic (exact) mass is 295 g/mol. The van der Waals surface area contributed by atoms with Gasteiger partial charge in [0.05, 0.1) is 17.1 Å². The fraction of sp³-hybridized carbons (Fsp3) is 0.444. The van der Waals surface area contributed by atoms with Crippen LogP contribution in [0.15, 0.2) is 36.4 Å². The molecule has 2 aromatic rings. The van der Waals surface area contributed by atoms with Gasteiger partial charge in [-0.25, -0.2) is 4.98 Å². The third-order valence-corrected chi connectivity index (χ3v) is 4.88. The van der Waals surface area contributed by atoms with Crippen molar-refractivity contribution in [1.29, 1.82) is 0 Å². The fourth-order valence-corrected chi connectivity index (χ4v) is 3.70. The van der Waals surface area contributed by atoms with Crippen LogP contribution in [0, 0.1) is 5.92 Å². The van der Waals surface area contributed by atoms with Crippen LogP contribution in [0.2, 0.25) is 0 Å². The maximum absolute atomic E-state index is 12.8. The number of aromatic nitrogens is 2. The van der Waals surface area contributed by atoms with Crippen LogP contribution in [0.5, 0.6) is 0 Å². The van der Waals surface area contributed by atoms with E-state index in [4.69, 9.17) is 4.98 Å². The number of fused-ring (bicyclic) bond motifs is 1. The SMILES string of the molecule is O=C([C@@H]1CC=CCC1)N1CCC[C@H]1c1nc2ccccc2[nH]1. The van der Waals surface area contributed by atoms with Gasteiger partial charge >= 0.3 is 0 Å². The molecule has 4 rings (SSSR count). The highest BCUT2D eigenvalue weighted by Crippen LogP contribution is 2.34. The highest BCUT2D eigenvalue weighted by atomic mass is 16.2. The van der Waals surface area contributed by atoms with Gasteiger partial charge in [-0.15, -0.1) is 0 Å². The van der Waals surface area contributed by atoms with Gasteiger partial charge in [0, 0.05) is 12.5 Å². The number of likely N-dealkylation sites (tertiary alicyclic amines) is 1. The van der Waals surface area contributed by atoms with E-state index in [1.54, 1.807) is 0 Å². The lowest BCUT2D eigenvalue weighted by Crippen LogP contribution is -2.36. The molecule has 22 heavy (non-hydrogen) atoms. The van der Waals surface area contributed by atoms with E-state index in [1.807, 2.05) is 24.3 Å². The van der Waals surface area contributed by atoms with Crippen molar-refractivity contribution in [3.8, 4) is 0 Å². The minimum Gasteiger partial charge on any atom is -0.340 e. The van der Waals surface area contributed by atoms with Crippen LogP contribution in [0.1, 0.15) is 44.0 Å². The lowest BCUT2D eigenvalue weighted by atomic mass is 9.93. The Morgan fingerprint density at radius 2 is 2.14 bits per heavy atom. The minimum absolute atomic E-state index is 0.116. The molecular formula is C18H21N3O. The molecule has 0 unspecified atom stereocenters. The van der Waals surface area contributed by atoms with E-state index in [2.05, 4.69) is 22.0 Å². The van der Waals surface area contributed by atoms with Gasteiger partial charge < -0.3 is 9.88 Å². The van der Waals surface area contributed by atoms with E-state index in [9.17, 15) is 4.79 Å². The number of hydrogen-bond donors (Lipinski definition) is 1. The third-order valence-electron chi connectivity index (χ3n) is 4.88. The summed E-state index contributed by atoms with van der Waals surface area (Å²) in [5.41, 5.74) is 2.04. The molecule has 2 aliphatic rings. The van der Waals surface area contributed by atoms with Crippen LogP contribution in [0.25, 0.3) is 11.0 Å². The topological polar surface area (TPSA) is 49.0 Å². The molecule has 0 saturated carbocycles. The van der Waals surface area contributed by atoms with Crippen LogP contribution in [-0.4, -0.2) is 27.3 Å². The van der Waals surface area contributed by atoms with Gasteiger partial charge in [0.2, 0.25) is 5.91 Å². The van der Waals surface area contributed by atoms with E-state index in [-0.39, 0.29) is 12.0 Å². The van der Waals surface area contributed by atoms with Crippen molar-refractivity contribution >= 4 is 16.9 Å². The predicted octanol–water partition coefficient (Wildman–Crippen LogP) is 3.58. The van der Waals surface area contributed by atoms with Crippen molar-refractivity contribution in [3.63, 3.8) is 0 Å². The number of aromatic amines is 1. The summed E-state index contributed by atoms with van der Waals surface area (Å²) >= 11 is 0. The summed E-state index contributed by atoms with van der Waals surface area (Å²) in [6.45, 7) is 0.862. The molecule has 1 fully saturated rings. The Bertz CT molecular complexity index is 685. The Kier molecular flexibility index (Phi) is 3.45.